The van der Waals surface area contributed by atoms with Crippen molar-refractivity contribution in [1.29, 1.82) is 0 Å². The zero-order valence-corrected chi connectivity index (χ0v) is 7.99. The van der Waals surface area contributed by atoms with E-state index < -0.39 is 0 Å². The number of carbonyl (C=O) groups excluding carboxylic acids is 1. The molecule has 0 atom stereocenters. The Hall–Kier alpha value is -1.79. The summed E-state index contributed by atoms with van der Waals surface area (Å²) >= 11 is 0. The third-order valence-electron chi connectivity index (χ3n) is 1.79. The molecule has 0 fully saturated rings. The minimum atomic E-state index is -0.143. The summed E-state index contributed by atoms with van der Waals surface area (Å²) in [7, 11) is 0. The molecule has 0 aromatic heterocycles. The SMILES string of the molecule is C=C=CC(=O)NCCc1ccccc1. The zero-order chi connectivity index (χ0) is 10.2. The van der Waals surface area contributed by atoms with Gasteiger partial charge in [0.15, 0.2) is 0 Å². The fourth-order valence-electron chi connectivity index (χ4n) is 1.12. The molecule has 1 N–H and O–H groups in total. The van der Waals surface area contributed by atoms with Crippen LogP contribution in [0.5, 0.6) is 0 Å². The molecule has 0 radical (unpaired) electrons. The first-order chi connectivity index (χ1) is 6.83. The number of benzene rings is 1. The van der Waals surface area contributed by atoms with Gasteiger partial charge in [0.2, 0.25) is 0 Å². The van der Waals surface area contributed by atoms with Crippen LogP contribution in [0, 0.1) is 0 Å². The van der Waals surface area contributed by atoms with E-state index in [1.165, 1.54) is 11.6 Å². The summed E-state index contributed by atoms with van der Waals surface area (Å²) in [6.45, 7) is 3.97. The maximum atomic E-state index is 11.0. The summed E-state index contributed by atoms with van der Waals surface area (Å²) in [5, 5.41) is 2.74. The molecule has 0 unspecified atom stereocenters. The van der Waals surface area contributed by atoms with Crippen LogP contribution in [-0.2, 0) is 11.2 Å². The van der Waals surface area contributed by atoms with Gasteiger partial charge in [0.1, 0.15) is 0 Å². The van der Waals surface area contributed by atoms with Gasteiger partial charge < -0.3 is 5.32 Å². The lowest BCUT2D eigenvalue weighted by molar-refractivity contribution is -0.116. The quantitative estimate of drug-likeness (QED) is 0.564. The normalized spacial score (nSPS) is 8.86. The van der Waals surface area contributed by atoms with E-state index in [4.69, 9.17) is 0 Å². The highest BCUT2D eigenvalue weighted by Crippen LogP contribution is 1.97. The molecule has 0 spiro atoms. The molecule has 0 bridgehead atoms. The summed E-state index contributed by atoms with van der Waals surface area (Å²) in [5.74, 6) is -0.143. The van der Waals surface area contributed by atoms with Crippen LogP contribution in [0.25, 0.3) is 0 Å². The first-order valence-corrected chi connectivity index (χ1v) is 4.50. The second-order valence-electron chi connectivity index (χ2n) is 2.88. The van der Waals surface area contributed by atoms with Crippen LogP contribution >= 0.6 is 0 Å². The molecule has 0 saturated carbocycles. The Kier molecular flexibility index (Phi) is 4.25. The number of carbonyl (C=O) groups is 1. The van der Waals surface area contributed by atoms with Crippen molar-refractivity contribution in [2.24, 2.45) is 0 Å². The second kappa shape index (κ2) is 5.79. The van der Waals surface area contributed by atoms with E-state index in [2.05, 4.69) is 17.6 Å². The summed E-state index contributed by atoms with van der Waals surface area (Å²) in [4.78, 5) is 11.0. The Balaban J connectivity index is 2.29. The molecular formula is C12H13NO. The van der Waals surface area contributed by atoms with Gasteiger partial charge in [-0.1, -0.05) is 36.9 Å². The van der Waals surface area contributed by atoms with Gasteiger partial charge in [-0.25, -0.2) is 0 Å². The van der Waals surface area contributed by atoms with Crippen LogP contribution in [0.3, 0.4) is 0 Å². The first kappa shape index (κ1) is 10.3. The van der Waals surface area contributed by atoms with Crippen molar-refractivity contribution >= 4 is 5.91 Å². The zero-order valence-electron chi connectivity index (χ0n) is 7.99. The number of nitrogens with one attached hydrogen (secondary N) is 1. The van der Waals surface area contributed by atoms with Gasteiger partial charge in [-0.2, -0.15) is 0 Å². The molecule has 0 aliphatic rings. The minimum absolute atomic E-state index is 0.143. The van der Waals surface area contributed by atoms with Gasteiger partial charge >= 0.3 is 0 Å². The van der Waals surface area contributed by atoms with Crippen molar-refractivity contribution in [3.05, 3.63) is 54.3 Å². The molecule has 1 aromatic carbocycles. The van der Waals surface area contributed by atoms with E-state index in [0.717, 1.165) is 6.42 Å². The van der Waals surface area contributed by atoms with E-state index >= 15 is 0 Å². The molecule has 2 heteroatoms. The van der Waals surface area contributed by atoms with Gasteiger partial charge in [-0.05, 0) is 12.0 Å². The van der Waals surface area contributed by atoms with E-state index in [9.17, 15) is 4.79 Å². The highest BCUT2D eigenvalue weighted by atomic mass is 16.1. The predicted molar refractivity (Wildman–Crippen MR) is 56.9 cm³/mol. The molecular weight excluding hydrogens is 174 g/mol. The van der Waals surface area contributed by atoms with E-state index in [1.807, 2.05) is 30.3 Å². The highest BCUT2D eigenvalue weighted by molar-refractivity contribution is 5.87. The smallest absolute Gasteiger partial charge is 0.251 e. The monoisotopic (exact) mass is 187 g/mol. The van der Waals surface area contributed by atoms with Gasteiger partial charge in [0.25, 0.3) is 5.91 Å². The molecule has 0 saturated heterocycles. The van der Waals surface area contributed by atoms with Crippen molar-refractivity contribution in [2.75, 3.05) is 6.54 Å². The van der Waals surface area contributed by atoms with Crippen molar-refractivity contribution in [2.45, 2.75) is 6.42 Å². The highest BCUT2D eigenvalue weighted by Gasteiger charge is 1.94. The van der Waals surface area contributed by atoms with Crippen LogP contribution in [-0.4, -0.2) is 12.5 Å². The average Bonchev–Trinajstić information content (AvgIpc) is 2.20. The Labute approximate surface area is 84.0 Å². The molecule has 1 amide bonds. The van der Waals surface area contributed by atoms with Gasteiger partial charge in [-0.3, -0.25) is 4.79 Å². The lowest BCUT2D eigenvalue weighted by Gasteiger charge is -2.01. The predicted octanol–water partition coefficient (Wildman–Crippen LogP) is 1.69. The van der Waals surface area contributed by atoms with Crippen LogP contribution in [0.15, 0.2) is 48.7 Å². The molecule has 0 aliphatic heterocycles. The molecule has 0 aliphatic carbocycles. The van der Waals surface area contributed by atoms with Crippen molar-refractivity contribution < 1.29 is 4.79 Å². The molecule has 14 heavy (non-hydrogen) atoms. The van der Waals surface area contributed by atoms with E-state index in [1.54, 1.807) is 0 Å². The molecule has 2 nitrogen and oxygen atoms in total. The van der Waals surface area contributed by atoms with Gasteiger partial charge in [0.05, 0.1) is 0 Å². The first-order valence-electron chi connectivity index (χ1n) is 4.50. The maximum Gasteiger partial charge on any atom is 0.251 e. The summed E-state index contributed by atoms with van der Waals surface area (Å²) < 4.78 is 0. The third-order valence-corrected chi connectivity index (χ3v) is 1.79. The maximum absolute atomic E-state index is 11.0. The standard InChI is InChI=1S/C12H13NO/c1-2-6-12(14)13-10-9-11-7-4-3-5-8-11/h3-8H,1,9-10H2,(H,13,14). The molecule has 1 aromatic rings. The number of hydrogen-bond donors (Lipinski definition) is 1. The van der Waals surface area contributed by atoms with Crippen molar-refractivity contribution in [1.82, 2.24) is 5.32 Å². The summed E-state index contributed by atoms with van der Waals surface area (Å²) in [5.41, 5.74) is 3.65. The Morgan fingerprint density at radius 2 is 2.14 bits per heavy atom. The number of amides is 1. The fourth-order valence-corrected chi connectivity index (χ4v) is 1.12. The Morgan fingerprint density at radius 1 is 1.43 bits per heavy atom. The fraction of sp³-hybridized carbons (Fsp3) is 0.167. The number of rotatable bonds is 4. The third kappa shape index (κ3) is 3.74. The van der Waals surface area contributed by atoms with Crippen LogP contribution in [0.1, 0.15) is 5.56 Å². The average molecular weight is 187 g/mol. The van der Waals surface area contributed by atoms with Crippen molar-refractivity contribution in [3.63, 3.8) is 0 Å². The van der Waals surface area contributed by atoms with E-state index in [0.29, 0.717) is 6.54 Å². The van der Waals surface area contributed by atoms with Gasteiger partial charge in [0, 0.05) is 12.6 Å². The van der Waals surface area contributed by atoms with E-state index in [-0.39, 0.29) is 5.91 Å². The topological polar surface area (TPSA) is 29.1 Å². The lowest BCUT2D eigenvalue weighted by Crippen LogP contribution is -2.23. The minimum Gasteiger partial charge on any atom is -0.352 e. The molecule has 1 rings (SSSR count). The lowest BCUT2D eigenvalue weighted by atomic mass is 10.1. The Morgan fingerprint density at radius 3 is 2.79 bits per heavy atom. The van der Waals surface area contributed by atoms with Crippen molar-refractivity contribution in [3.8, 4) is 0 Å². The molecule has 72 valence electrons. The Bertz CT molecular complexity index is 337. The van der Waals surface area contributed by atoms with Crippen LogP contribution in [0.4, 0.5) is 0 Å². The molecule has 0 heterocycles. The second-order valence-corrected chi connectivity index (χ2v) is 2.88. The van der Waals surface area contributed by atoms with Crippen LogP contribution in [0.2, 0.25) is 0 Å². The summed E-state index contributed by atoms with van der Waals surface area (Å²) in [6, 6.07) is 10.0. The summed E-state index contributed by atoms with van der Waals surface area (Å²) in [6.07, 6.45) is 2.14. The van der Waals surface area contributed by atoms with Crippen LogP contribution < -0.4 is 5.32 Å². The largest absolute Gasteiger partial charge is 0.352 e. The number of hydrogen-bond acceptors (Lipinski definition) is 1. The van der Waals surface area contributed by atoms with Gasteiger partial charge in [-0.15, -0.1) is 5.73 Å².